The number of carbonyl (C=O) groups is 2. The van der Waals surface area contributed by atoms with Gasteiger partial charge in [0.2, 0.25) is 5.91 Å². The molecule has 1 N–H and O–H groups in total. The van der Waals surface area contributed by atoms with Gasteiger partial charge in [-0.15, -0.1) is 0 Å². The molecule has 2 rings (SSSR count). The Kier molecular flexibility index (Phi) is 5.89. The first kappa shape index (κ1) is 17.5. The van der Waals surface area contributed by atoms with Gasteiger partial charge in [-0.25, -0.2) is 4.39 Å². The van der Waals surface area contributed by atoms with Crippen molar-refractivity contribution in [3.63, 3.8) is 0 Å². The normalized spacial score (nSPS) is 10.1. The van der Waals surface area contributed by atoms with Gasteiger partial charge in [-0.2, -0.15) is 0 Å². The summed E-state index contributed by atoms with van der Waals surface area (Å²) in [6.45, 7) is 1.86. The van der Waals surface area contributed by atoms with E-state index in [9.17, 15) is 14.0 Å². The summed E-state index contributed by atoms with van der Waals surface area (Å²) in [7, 11) is 1.53. The molecule has 2 aromatic carbocycles. The van der Waals surface area contributed by atoms with Gasteiger partial charge in [-0.05, 0) is 31.2 Å². The number of likely N-dealkylation sites (N-methyl/N-ethyl adjacent to an activating group) is 1. The molecule has 24 heavy (non-hydrogen) atoms. The Bertz CT molecular complexity index is 734. The highest BCUT2D eigenvalue weighted by Gasteiger charge is 2.20. The van der Waals surface area contributed by atoms with E-state index in [2.05, 4.69) is 5.32 Å². The van der Waals surface area contributed by atoms with Crippen LogP contribution in [-0.2, 0) is 4.79 Å². The number of hydrogen-bond acceptors (Lipinski definition) is 3. The van der Waals surface area contributed by atoms with E-state index in [-0.39, 0.29) is 18.0 Å². The van der Waals surface area contributed by atoms with Crippen molar-refractivity contribution in [2.45, 2.75) is 6.92 Å². The third-order valence-corrected chi connectivity index (χ3v) is 3.46. The SMILES string of the molecule is CCN(CC(=O)Nc1cccc(OC)c1)C(=O)c1ccccc1F. The van der Waals surface area contributed by atoms with Gasteiger partial charge >= 0.3 is 0 Å². The molecule has 5 nitrogen and oxygen atoms in total. The molecule has 0 aliphatic heterocycles. The number of nitrogens with zero attached hydrogens (tertiary/aromatic N) is 1. The molecule has 0 heterocycles. The maximum absolute atomic E-state index is 13.7. The molecule has 0 bridgehead atoms. The van der Waals surface area contributed by atoms with E-state index in [0.717, 1.165) is 0 Å². The maximum Gasteiger partial charge on any atom is 0.257 e. The van der Waals surface area contributed by atoms with Crippen LogP contribution in [0.1, 0.15) is 17.3 Å². The second-order valence-electron chi connectivity index (χ2n) is 5.08. The smallest absolute Gasteiger partial charge is 0.257 e. The van der Waals surface area contributed by atoms with E-state index >= 15 is 0 Å². The number of nitrogens with one attached hydrogen (secondary N) is 1. The molecule has 2 amide bonds. The molecule has 0 saturated heterocycles. The lowest BCUT2D eigenvalue weighted by molar-refractivity contribution is -0.116. The van der Waals surface area contributed by atoms with Gasteiger partial charge in [-0.3, -0.25) is 9.59 Å². The van der Waals surface area contributed by atoms with Gasteiger partial charge < -0.3 is 15.0 Å². The van der Waals surface area contributed by atoms with Crippen LogP contribution in [0.15, 0.2) is 48.5 Å². The predicted molar refractivity (Wildman–Crippen MR) is 89.6 cm³/mol. The minimum absolute atomic E-state index is 0.0477. The minimum Gasteiger partial charge on any atom is -0.497 e. The van der Waals surface area contributed by atoms with E-state index in [0.29, 0.717) is 18.0 Å². The number of carbonyl (C=O) groups excluding carboxylic acids is 2. The monoisotopic (exact) mass is 330 g/mol. The van der Waals surface area contributed by atoms with Crippen molar-refractivity contribution in [1.29, 1.82) is 0 Å². The predicted octanol–water partition coefficient (Wildman–Crippen LogP) is 2.94. The van der Waals surface area contributed by atoms with E-state index in [1.54, 1.807) is 37.3 Å². The lowest BCUT2D eigenvalue weighted by Gasteiger charge is -2.20. The summed E-state index contributed by atoms with van der Waals surface area (Å²) in [5.41, 5.74) is 0.516. The fourth-order valence-corrected chi connectivity index (χ4v) is 2.21. The van der Waals surface area contributed by atoms with E-state index < -0.39 is 11.7 Å². The molecule has 0 atom stereocenters. The summed E-state index contributed by atoms with van der Waals surface area (Å²) >= 11 is 0. The zero-order valence-electron chi connectivity index (χ0n) is 13.6. The molecule has 0 fully saturated rings. The van der Waals surface area contributed by atoms with Crippen LogP contribution in [0.4, 0.5) is 10.1 Å². The van der Waals surface area contributed by atoms with Crippen LogP contribution >= 0.6 is 0 Å². The van der Waals surface area contributed by atoms with Gasteiger partial charge in [0.25, 0.3) is 5.91 Å². The van der Waals surface area contributed by atoms with Crippen LogP contribution in [-0.4, -0.2) is 36.9 Å². The van der Waals surface area contributed by atoms with E-state index in [4.69, 9.17) is 4.74 Å². The van der Waals surface area contributed by atoms with Crippen LogP contribution in [0.5, 0.6) is 5.75 Å². The molecule has 6 heteroatoms. The average Bonchev–Trinajstić information content (AvgIpc) is 2.59. The van der Waals surface area contributed by atoms with Crippen LogP contribution in [0.3, 0.4) is 0 Å². The van der Waals surface area contributed by atoms with Gasteiger partial charge in [0.05, 0.1) is 12.7 Å². The van der Waals surface area contributed by atoms with Gasteiger partial charge in [0.1, 0.15) is 18.1 Å². The number of amides is 2. The molecule has 2 aromatic rings. The molecule has 0 spiro atoms. The van der Waals surface area contributed by atoms with Crippen molar-refractivity contribution in [1.82, 2.24) is 4.90 Å². The number of rotatable bonds is 6. The first-order chi connectivity index (χ1) is 11.5. The van der Waals surface area contributed by atoms with Crippen molar-refractivity contribution >= 4 is 17.5 Å². The molecule has 0 saturated carbocycles. The Morgan fingerprint density at radius 3 is 2.58 bits per heavy atom. The Morgan fingerprint density at radius 2 is 1.92 bits per heavy atom. The Labute approximate surface area is 140 Å². The molecule has 0 aliphatic carbocycles. The maximum atomic E-state index is 13.7. The van der Waals surface area contributed by atoms with Crippen molar-refractivity contribution in [2.75, 3.05) is 25.5 Å². The Morgan fingerprint density at radius 1 is 1.17 bits per heavy atom. The van der Waals surface area contributed by atoms with Crippen LogP contribution in [0.25, 0.3) is 0 Å². The number of benzene rings is 2. The molecule has 0 aromatic heterocycles. The van der Waals surface area contributed by atoms with E-state index in [1.165, 1.54) is 30.2 Å². The number of methoxy groups -OCH3 is 1. The summed E-state index contributed by atoms with van der Waals surface area (Å²) in [6.07, 6.45) is 0. The van der Waals surface area contributed by atoms with Crippen LogP contribution < -0.4 is 10.1 Å². The standard InChI is InChI=1S/C18H19FN2O3/c1-3-21(18(23)15-9-4-5-10-16(15)19)12-17(22)20-13-7-6-8-14(11-13)24-2/h4-11H,3,12H2,1-2H3,(H,20,22). The summed E-state index contributed by atoms with van der Waals surface area (Å²) in [6, 6.07) is 12.6. The van der Waals surface area contributed by atoms with Crippen molar-refractivity contribution < 1.29 is 18.7 Å². The first-order valence-corrected chi connectivity index (χ1v) is 7.53. The fourth-order valence-electron chi connectivity index (χ4n) is 2.21. The fraction of sp³-hybridized carbons (Fsp3) is 0.222. The van der Waals surface area contributed by atoms with Crippen molar-refractivity contribution in [3.05, 3.63) is 59.9 Å². The number of anilines is 1. The van der Waals surface area contributed by atoms with E-state index in [1.807, 2.05) is 0 Å². The lowest BCUT2D eigenvalue weighted by Crippen LogP contribution is -2.38. The number of ether oxygens (including phenoxy) is 1. The lowest BCUT2D eigenvalue weighted by atomic mass is 10.2. The van der Waals surface area contributed by atoms with Gasteiger partial charge in [0, 0.05) is 18.3 Å². The first-order valence-electron chi connectivity index (χ1n) is 7.53. The molecule has 0 radical (unpaired) electrons. The second kappa shape index (κ2) is 8.10. The molecule has 126 valence electrons. The Hall–Kier alpha value is -2.89. The number of halogens is 1. The quantitative estimate of drug-likeness (QED) is 0.886. The molecular formula is C18H19FN2O3. The Balaban J connectivity index is 2.05. The van der Waals surface area contributed by atoms with Gasteiger partial charge in [-0.1, -0.05) is 18.2 Å². The summed E-state index contributed by atoms with van der Waals surface area (Å²) in [5.74, 6) is -0.872. The summed E-state index contributed by atoms with van der Waals surface area (Å²) in [5, 5.41) is 2.70. The number of hydrogen-bond donors (Lipinski definition) is 1. The minimum atomic E-state index is -0.603. The van der Waals surface area contributed by atoms with Crippen molar-refractivity contribution in [3.8, 4) is 5.75 Å². The highest BCUT2D eigenvalue weighted by Crippen LogP contribution is 2.17. The highest BCUT2D eigenvalue weighted by molar-refractivity contribution is 5.99. The average molecular weight is 330 g/mol. The largest absolute Gasteiger partial charge is 0.497 e. The zero-order valence-corrected chi connectivity index (χ0v) is 13.6. The van der Waals surface area contributed by atoms with Crippen LogP contribution in [0.2, 0.25) is 0 Å². The van der Waals surface area contributed by atoms with Gasteiger partial charge in [0.15, 0.2) is 0 Å². The third kappa shape index (κ3) is 4.32. The second-order valence-corrected chi connectivity index (χ2v) is 5.08. The summed E-state index contributed by atoms with van der Waals surface area (Å²) in [4.78, 5) is 25.8. The highest BCUT2D eigenvalue weighted by atomic mass is 19.1. The molecule has 0 aliphatic rings. The third-order valence-electron chi connectivity index (χ3n) is 3.46. The topological polar surface area (TPSA) is 58.6 Å². The zero-order chi connectivity index (χ0) is 17.5. The van der Waals surface area contributed by atoms with Crippen LogP contribution in [0, 0.1) is 5.82 Å². The summed E-state index contributed by atoms with van der Waals surface area (Å²) < 4.78 is 18.8. The molecule has 0 unspecified atom stereocenters. The van der Waals surface area contributed by atoms with Crippen molar-refractivity contribution in [2.24, 2.45) is 0 Å². The molecular weight excluding hydrogens is 311 g/mol.